The van der Waals surface area contributed by atoms with Crippen LogP contribution >= 0.6 is 0 Å². The number of non-ortho nitro benzene ring substituents is 1. The number of carbonyl (C=O) groups is 3. The van der Waals surface area contributed by atoms with E-state index in [-0.39, 0.29) is 47.2 Å². The van der Waals surface area contributed by atoms with Gasteiger partial charge in [-0.05, 0) is 74.1 Å². The number of carbonyl (C=O) groups excluding carboxylic acids is 3. The average Bonchev–Trinajstić information content (AvgIpc) is 3.40. The first kappa shape index (κ1) is 33.5. The molecule has 2 unspecified atom stereocenters. The summed E-state index contributed by atoms with van der Waals surface area (Å²) in [7, 11) is 1.39. The van der Waals surface area contributed by atoms with E-state index in [1.54, 1.807) is 0 Å². The molecule has 0 N–H and O–H groups in total. The van der Waals surface area contributed by atoms with Crippen LogP contribution in [0.5, 0.6) is 0 Å². The van der Waals surface area contributed by atoms with Gasteiger partial charge in [-0.25, -0.2) is 4.79 Å². The highest BCUT2D eigenvalue weighted by Gasteiger charge is 2.39. The fourth-order valence-electron chi connectivity index (χ4n) is 5.71. The number of ether oxygens (including phenoxy) is 3. The Bertz CT molecular complexity index is 1240. The summed E-state index contributed by atoms with van der Waals surface area (Å²) >= 11 is 0. The molecule has 43 heavy (non-hydrogen) atoms. The number of hydrogen-bond donors (Lipinski definition) is 0. The minimum absolute atomic E-state index is 0.0527. The first-order valence-electron chi connectivity index (χ1n) is 15.2. The second-order valence-electron chi connectivity index (χ2n) is 11.0. The van der Waals surface area contributed by atoms with E-state index in [0.717, 1.165) is 62.5 Å². The van der Waals surface area contributed by atoms with Crippen LogP contribution in [0.1, 0.15) is 112 Å². The molecule has 0 amide bonds. The highest BCUT2D eigenvalue weighted by atomic mass is 16.6. The van der Waals surface area contributed by atoms with Crippen molar-refractivity contribution >= 4 is 23.6 Å². The minimum Gasteiger partial charge on any atom is -0.469 e. The van der Waals surface area contributed by atoms with Crippen molar-refractivity contribution in [3.8, 4) is 0 Å². The van der Waals surface area contributed by atoms with Crippen molar-refractivity contribution in [2.75, 3.05) is 7.11 Å². The van der Waals surface area contributed by atoms with Gasteiger partial charge in [0.15, 0.2) is 0 Å². The molecule has 0 aromatic heterocycles. The Morgan fingerprint density at radius 1 is 1.00 bits per heavy atom. The molecule has 1 aliphatic rings. The summed E-state index contributed by atoms with van der Waals surface area (Å²) in [4.78, 5) is 46.7. The van der Waals surface area contributed by atoms with Gasteiger partial charge in [0.1, 0.15) is 12.2 Å². The maximum absolute atomic E-state index is 13.1. The molecule has 4 atom stereocenters. The molecule has 0 saturated heterocycles. The van der Waals surface area contributed by atoms with Gasteiger partial charge in [-0.1, -0.05) is 56.2 Å². The third-order valence-corrected chi connectivity index (χ3v) is 7.96. The molecule has 1 aliphatic carbocycles. The Kier molecular flexibility index (Phi) is 13.4. The molecule has 0 radical (unpaired) electrons. The van der Waals surface area contributed by atoms with Crippen LogP contribution in [0.15, 0.2) is 60.7 Å². The Morgan fingerprint density at radius 2 is 1.72 bits per heavy atom. The molecule has 1 fully saturated rings. The van der Waals surface area contributed by atoms with Gasteiger partial charge in [-0.15, -0.1) is 0 Å². The second kappa shape index (κ2) is 17.2. The Morgan fingerprint density at radius 3 is 2.35 bits per heavy atom. The predicted octanol–water partition coefficient (Wildman–Crippen LogP) is 7.79. The van der Waals surface area contributed by atoms with Crippen LogP contribution in [0.25, 0.3) is 0 Å². The van der Waals surface area contributed by atoms with Gasteiger partial charge in [0.05, 0.1) is 17.6 Å². The Balaban J connectivity index is 1.78. The molecule has 0 spiro atoms. The van der Waals surface area contributed by atoms with Crippen LogP contribution in [-0.2, 0) is 23.8 Å². The van der Waals surface area contributed by atoms with E-state index in [9.17, 15) is 24.5 Å². The van der Waals surface area contributed by atoms with Crippen molar-refractivity contribution in [3.05, 3.63) is 87.5 Å². The number of rotatable bonds is 16. The van der Waals surface area contributed by atoms with Gasteiger partial charge >= 0.3 is 17.9 Å². The summed E-state index contributed by atoms with van der Waals surface area (Å²) in [5.74, 6) is -0.856. The largest absolute Gasteiger partial charge is 0.469 e. The van der Waals surface area contributed by atoms with Crippen molar-refractivity contribution in [1.82, 2.24) is 0 Å². The number of methoxy groups -OCH3 is 1. The highest BCUT2D eigenvalue weighted by Crippen LogP contribution is 2.44. The second-order valence-corrected chi connectivity index (χ2v) is 11.0. The van der Waals surface area contributed by atoms with Crippen molar-refractivity contribution in [2.24, 2.45) is 5.92 Å². The zero-order valence-corrected chi connectivity index (χ0v) is 25.4. The fourth-order valence-corrected chi connectivity index (χ4v) is 5.71. The zero-order chi connectivity index (χ0) is 31.2. The topological polar surface area (TPSA) is 122 Å². The minimum atomic E-state index is -0.508. The highest BCUT2D eigenvalue weighted by molar-refractivity contribution is 5.89. The maximum Gasteiger partial charge on any atom is 0.338 e. The van der Waals surface area contributed by atoms with E-state index in [0.29, 0.717) is 12.8 Å². The quantitative estimate of drug-likeness (QED) is 0.0483. The lowest BCUT2D eigenvalue weighted by Crippen LogP contribution is -2.24. The van der Waals surface area contributed by atoms with E-state index in [2.05, 4.69) is 19.1 Å². The molecule has 2 aromatic rings. The molecule has 9 heteroatoms. The lowest BCUT2D eigenvalue weighted by molar-refractivity contribution is -0.384. The van der Waals surface area contributed by atoms with E-state index in [4.69, 9.17) is 14.2 Å². The van der Waals surface area contributed by atoms with E-state index >= 15 is 0 Å². The van der Waals surface area contributed by atoms with Crippen LogP contribution in [0.3, 0.4) is 0 Å². The summed E-state index contributed by atoms with van der Waals surface area (Å²) in [5, 5.41) is 11.0. The number of allylic oxidation sites excluding steroid dienone is 2. The van der Waals surface area contributed by atoms with Crippen LogP contribution in [-0.4, -0.2) is 36.0 Å². The Labute approximate surface area is 253 Å². The molecule has 1 saturated carbocycles. The summed E-state index contributed by atoms with van der Waals surface area (Å²) in [6.07, 6.45) is 11.6. The maximum atomic E-state index is 13.1. The van der Waals surface area contributed by atoms with E-state index in [1.165, 1.54) is 38.3 Å². The van der Waals surface area contributed by atoms with Gasteiger partial charge in [0.2, 0.25) is 0 Å². The first-order chi connectivity index (χ1) is 20.7. The number of esters is 3. The number of benzene rings is 2. The molecule has 9 nitrogen and oxygen atoms in total. The van der Waals surface area contributed by atoms with Crippen molar-refractivity contribution in [1.29, 1.82) is 0 Å². The normalized spacial score (nSPS) is 18.7. The van der Waals surface area contributed by atoms with Crippen LogP contribution < -0.4 is 0 Å². The summed E-state index contributed by atoms with van der Waals surface area (Å²) in [5.41, 5.74) is 2.16. The smallest absolute Gasteiger partial charge is 0.338 e. The number of nitro groups is 1. The molecule has 232 valence electrons. The van der Waals surface area contributed by atoms with E-state index < -0.39 is 10.9 Å². The lowest BCUT2D eigenvalue weighted by atomic mass is 9.84. The van der Waals surface area contributed by atoms with Crippen molar-refractivity contribution < 1.29 is 33.5 Å². The first-order valence-corrected chi connectivity index (χ1v) is 15.2. The summed E-state index contributed by atoms with van der Waals surface area (Å²) in [6.45, 7) is 3.56. The van der Waals surface area contributed by atoms with Crippen LogP contribution in [0.4, 0.5) is 5.69 Å². The number of unbranched alkanes of at least 4 members (excludes halogenated alkanes) is 3. The van der Waals surface area contributed by atoms with Gasteiger partial charge in [0.25, 0.3) is 5.69 Å². The molecule has 0 bridgehead atoms. The summed E-state index contributed by atoms with van der Waals surface area (Å²) < 4.78 is 16.4. The molecular formula is C34H43NO8. The molecule has 3 rings (SSSR count). The molecular weight excluding hydrogens is 550 g/mol. The number of nitrogens with zero attached hydrogens (tertiary/aromatic N) is 1. The number of hydrogen-bond acceptors (Lipinski definition) is 8. The Hall–Kier alpha value is -4.01. The standard InChI is InChI=1S/C34H43NO8/c1-4-5-8-12-30(42-24(2)36)25-14-16-27(17-15-25)33-26(11-9-6-7-10-13-32(37)41-3)20-23-31(33)43-34(38)28-18-21-29(22-19-28)35(39)40/h6,9,14-19,21-22,26,30-31,33H,4-5,7-8,10-13,20,23H2,1-3H3/b9-6-/t26-,30?,31+,33?/m0/s1. The third-order valence-electron chi connectivity index (χ3n) is 7.96. The van der Waals surface area contributed by atoms with Gasteiger partial charge in [0, 0.05) is 31.4 Å². The van der Waals surface area contributed by atoms with Crippen LogP contribution in [0, 0.1) is 16.0 Å². The monoisotopic (exact) mass is 593 g/mol. The predicted molar refractivity (Wildman–Crippen MR) is 162 cm³/mol. The molecule has 2 aromatic carbocycles. The van der Waals surface area contributed by atoms with Gasteiger partial charge in [-0.3, -0.25) is 19.7 Å². The van der Waals surface area contributed by atoms with E-state index in [1.807, 2.05) is 24.3 Å². The zero-order valence-electron chi connectivity index (χ0n) is 25.4. The van der Waals surface area contributed by atoms with Gasteiger partial charge < -0.3 is 14.2 Å². The van der Waals surface area contributed by atoms with Gasteiger partial charge in [-0.2, -0.15) is 0 Å². The third kappa shape index (κ3) is 10.3. The van der Waals surface area contributed by atoms with Crippen molar-refractivity contribution in [3.63, 3.8) is 0 Å². The SMILES string of the molecule is CCCCCC(OC(C)=O)c1ccc(C2[C@@H](C/C=C\CCCC(=O)OC)CC[C@H]2OC(=O)c2ccc([N+](=O)[O-])cc2)cc1. The average molecular weight is 594 g/mol. The van der Waals surface area contributed by atoms with Crippen molar-refractivity contribution in [2.45, 2.75) is 96.2 Å². The fraction of sp³-hybridized carbons (Fsp3) is 0.500. The summed E-state index contributed by atoms with van der Waals surface area (Å²) in [6, 6.07) is 13.5. The molecule has 0 aliphatic heterocycles. The molecule has 0 heterocycles. The lowest BCUT2D eigenvalue weighted by Gasteiger charge is -2.26. The number of nitro benzene ring substituents is 1. The van der Waals surface area contributed by atoms with Crippen LogP contribution in [0.2, 0.25) is 0 Å².